The summed E-state index contributed by atoms with van der Waals surface area (Å²) in [7, 11) is 3.25. The SMILES string of the molecule is CCOc1cc(C=c2sc(=CC(=O)C(C)(C)C)n(C)c2=O)cc(Br)c1OC. The van der Waals surface area contributed by atoms with E-state index in [1.807, 2.05) is 39.8 Å². The van der Waals surface area contributed by atoms with Crippen LogP contribution in [0.25, 0.3) is 12.2 Å². The number of ketones is 1. The second-order valence-electron chi connectivity index (χ2n) is 7.04. The van der Waals surface area contributed by atoms with E-state index < -0.39 is 5.41 Å². The second kappa shape index (κ2) is 8.44. The van der Waals surface area contributed by atoms with Crippen LogP contribution in [0.5, 0.6) is 11.5 Å². The maximum Gasteiger partial charge on any atom is 0.268 e. The van der Waals surface area contributed by atoms with Gasteiger partial charge in [-0.1, -0.05) is 20.8 Å². The molecule has 0 saturated carbocycles. The molecule has 1 aromatic carbocycles. The van der Waals surface area contributed by atoms with Crippen LogP contribution in [-0.4, -0.2) is 24.1 Å². The standard InChI is InChI=1S/C20H24BrNO4S/c1-7-26-14-9-12(8-13(21)18(14)25-6)10-15-19(24)22(5)17(27-15)11-16(23)20(2,3)4/h8-11H,7H2,1-6H3. The molecule has 0 unspecified atom stereocenters. The van der Waals surface area contributed by atoms with Crippen LogP contribution in [0, 0.1) is 5.41 Å². The lowest BCUT2D eigenvalue weighted by molar-refractivity contribution is -0.120. The van der Waals surface area contributed by atoms with Gasteiger partial charge in [0.15, 0.2) is 17.3 Å². The zero-order chi connectivity index (χ0) is 20.4. The summed E-state index contributed by atoms with van der Waals surface area (Å²) in [6.07, 6.45) is 3.33. The third-order valence-electron chi connectivity index (χ3n) is 3.89. The van der Waals surface area contributed by atoms with Gasteiger partial charge in [0, 0.05) is 18.5 Å². The van der Waals surface area contributed by atoms with Crippen LogP contribution in [0.3, 0.4) is 0 Å². The molecule has 27 heavy (non-hydrogen) atoms. The van der Waals surface area contributed by atoms with E-state index in [1.54, 1.807) is 26.3 Å². The van der Waals surface area contributed by atoms with Crippen molar-refractivity contribution in [2.45, 2.75) is 27.7 Å². The van der Waals surface area contributed by atoms with Crippen molar-refractivity contribution in [3.8, 4) is 11.5 Å². The Morgan fingerprint density at radius 1 is 1.33 bits per heavy atom. The monoisotopic (exact) mass is 453 g/mol. The fraction of sp³-hybridized carbons (Fsp3) is 0.400. The summed E-state index contributed by atoms with van der Waals surface area (Å²) in [4.78, 5) is 24.9. The number of rotatable bonds is 5. The number of Topliss-reactive ketones (excluding diaryl/α,β-unsaturated/α-hetero) is 1. The van der Waals surface area contributed by atoms with E-state index in [9.17, 15) is 9.59 Å². The quantitative estimate of drug-likeness (QED) is 0.698. The van der Waals surface area contributed by atoms with E-state index in [-0.39, 0.29) is 11.3 Å². The smallest absolute Gasteiger partial charge is 0.268 e. The van der Waals surface area contributed by atoms with Crippen molar-refractivity contribution in [1.29, 1.82) is 0 Å². The third kappa shape index (κ3) is 4.90. The van der Waals surface area contributed by atoms with E-state index in [2.05, 4.69) is 15.9 Å². The topological polar surface area (TPSA) is 57.5 Å². The predicted octanol–water partition coefficient (Wildman–Crippen LogP) is 2.84. The molecule has 5 nitrogen and oxygen atoms in total. The lowest BCUT2D eigenvalue weighted by Gasteiger charge is -2.12. The molecule has 0 spiro atoms. The molecule has 0 fully saturated rings. The van der Waals surface area contributed by atoms with Gasteiger partial charge in [0.05, 0.1) is 22.7 Å². The van der Waals surface area contributed by atoms with Crippen molar-refractivity contribution < 1.29 is 14.3 Å². The maximum atomic E-state index is 12.6. The summed E-state index contributed by atoms with van der Waals surface area (Å²) in [5.74, 6) is 1.19. The normalized spacial score (nSPS) is 13.1. The minimum atomic E-state index is -0.489. The zero-order valence-corrected chi connectivity index (χ0v) is 18.8. The highest BCUT2D eigenvalue weighted by Gasteiger charge is 2.19. The van der Waals surface area contributed by atoms with Crippen molar-refractivity contribution in [2.75, 3.05) is 13.7 Å². The van der Waals surface area contributed by atoms with E-state index in [4.69, 9.17) is 9.47 Å². The van der Waals surface area contributed by atoms with Crippen molar-refractivity contribution in [1.82, 2.24) is 4.57 Å². The molecule has 0 aliphatic rings. The number of methoxy groups -OCH3 is 1. The molecular weight excluding hydrogens is 430 g/mol. The molecule has 0 bridgehead atoms. The van der Waals surface area contributed by atoms with Gasteiger partial charge >= 0.3 is 0 Å². The van der Waals surface area contributed by atoms with Crippen LogP contribution in [0.4, 0.5) is 0 Å². The zero-order valence-electron chi connectivity index (χ0n) is 16.4. The van der Waals surface area contributed by atoms with Crippen LogP contribution in [0.15, 0.2) is 21.4 Å². The van der Waals surface area contributed by atoms with Crippen molar-refractivity contribution in [3.63, 3.8) is 0 Å². The predicted molar refractivity (Wildman–Crippen MR) is 113 cm³/mol. The molecule has 146 valence electrons. The Balaban J connectivity index is 2.62. The lowest BCUT2D eigenvalue weighted by Crippen LogP contribution is -2.30. The van der Waals surface area contributed by atoms with E-state index in [0.717, 1.165) is 10.0 Å². The molecule has 1 heterocycles. The summed E-state index contributed by atoms with van der Waals surface area (Å²) in [6, 6.07) is 3.69. The number of carbonyl (C=O) groups is 1. The molecule has 0 radical (unpaired) electrons. The minimum Gasteiger partial charge on any atom is -0.492 e. The first-order valence-electron chi connectivity index (χ1n) is 8.52. The Bertz CT molecular complexity index is 1030. The van der Waals surface area contributed by atoms with Crippen molar-refractivity contribution in [2.24, 2.45) is 12.5 Å². The molecule has 0 amide bonds. The molecule has 0 saturated heterocycles. The van der Waals surface area contributed by atoms with Crippen molar-refractivity contribution in [3.05, 3.63) is 41.7 Å². The number of carbonyl (C=O) groups excluding carboxylic acids is 1. The number of nitrogens with zero attached hydrogens (tertiary/aromatic N) is 1. The first-order valence-corrected chi connectivity index (χ1v) is 10.1. The largest absolute Gasteiger partial charge is 0.492 e. The summed E-state index contributed by atoms with van der Waals surface area (Å²) in [5, 5.41) is 0. The van der Waals surface area contributed by atoms with Gasteiger partial charge in [-0.15, -0.1) is 11.3 Å². The molecular formula is C20H24BrNO4S. The second-order valence-corrected chi connectivity index (χ2v) is 8.96. The van der Waals surface area contributed by atoms with Crippen LogP contribution < -0.4 is 24.2 Å². The van der Waals surface area contributed by atoms with Gasteiger partial charge in [-0.3, -0.25) is 9.59 Å². The number of hydrogen-bond donors (Lipinski definition) is 0. The number of halogens is 1. The summed E-state index contributed by atoms with van der Waals surface area (Å²) >= 11 is 4.77. The number of thiazole rings is 1. The van der Waals surface area contributed by atoms with Crippen LogP contribution in [0.2, 0.25) is 0 Å². The lowest BCUT2D eigenvalue weighted by atomic mass is 9.91. The molecule has 2 aromatic rings. The molecule has 0 N–H and O–H groups in total. The van der Waals surface area contributed by atoms with Crippen LogP contribution in [-0.2, 0) is 11.8 Å². The fourth-order valence-electron chi connectivity index (χ4n) is 2.32. The molecule has 0 atom stereocenters. The van der Waals surface area contributed by atoms with Gasteiger partial charge in [-0.2, -0.15) is 0 Å². The minimum absolute atomic E-state index is 0.0169. The van der Waals surface area contributed by atoms with Gasteiger partial charge in [0.25, 0.3) is 5.56 Å². The van der Waals surface area contributed by atoms with Gasteiger partial charge in [0.1, 0.15) is 4.66 Å². The molecule has 0 aliphatic heterocycles. The average molecular weight is 454 g/mol. The van der Waals surface area contributed by atoms with E-state index >= 15 is 0 Å². The highest BCUT2D eigenvalue weighted by molar-refractivity contribution is 9.10. The van der Waals surface area contributed by atoms with Gasteiger partial charge in [0.2, 0.25) is 0 Å². The Morgan fingerprint density at radius 3 is 2.56 bits per heavy atom. The Labute approximate surface area is 171 Å². The van der Waals surface area contributed by atoms with Gasteiger partial charge in [-0.05, 0) is 46.6 Å². The summed E-state index contributed by atoms with van der Waals surface area (Å²) in [5.41, 5.74) is 0.175. The van der Waals surface area contributed by atoms with Gasteiger partial charge in [-0.25, -0.2) is 0 Å². The Hall–Kier alpha value is -1.86. The first kappa shape index (κ1) is 21.4. The highest BCUT2D eigenvalue weighted by Crippen LogP contribution is 2.36. The van der Waals surface area contributed by atoms with Gasteiger partial charge < -0.3 is 14.0 Å². The average Bonchev–Trinajstić information content (AvgIpc) is 2.82. The molecule has 0 aliphatic carbocycles. The number of aromatic nitrogens is 1. The highest BCUT2D eigenvalue weighted by atomic mass is 79.9. The Kier molecular flexibility index (Phi) is 6.70. The van der Waals surface area contributed by atoms with Crippen molar-refractivity contribution >= 4 is 45.2 Å². The summed E-state index contributed by atoms with van der Waals surface area (Å²) in [6.45, 7) is 7.96. The first-order chi connectivity index (χ1) is 12.6. The molecule has 7 heteroatoms. The van der Waals surface area contributed by atoms with Crippen LogP contribution in [0.1, 0.15) is 33.3 Å². The van der Waals surface area contributed by atoms with Crippen LogP contribution >= 0.6 is 27.3 Å². The fourth-order valence-corrected chi connectivity index (χ4v) is 3.97. The number of ether oxygens (including phenoxy) is 2. The number of hydrogen-bond acceptors (Lipinski definition) is 5. The third-order valence-corrected chi connectivity index (χ3v) is 5.59. The molecule has 2 rings (SSSR count). The maximum absolute atomic E-state index is 12.6. The van der Waals surface area contributed by atoms with E-state index in [0.29, 0.717) is 27.3 Å². The Morgan fingerprint density at radius 2 is 2.00 bits per heavy atom. The van der Waals surface area contributed by atoms with E-state index in [1.165, 1.54) is 15.9 Å². The summed E-state index contributed by atoms with van der Waals surface area (Å²) < 4.78 is 14.4. The molecule has 1 aromatic heterocycles. The number of benzene rings is 1.